The van der Waals surface area contributed by atoms with Gasteiger partial charge in [-0.2, -0.15) is 10.1 Å². The largest absolute Gasteiger partial charge is 0.356 e. The van der Waals surface area contributed by atoms with Crippen molar-refractivity contribution in [2.24, 2.45) is 11.8 Å². The fourth-order valence-electron chi connectivity index (χ4n) is 3.77. The van der Waals surface area contributed by atoms with Crippen molar-refractivity contribution in [2.45, 2.75) is 51.5 Å². The Hall–Kier alpha value is -2.32. The number of nitrogens with one attached hydrogen (secondary N) is 1. The number of aryl methyl sites for hydroxylation is 1. The number of fused-ring (bicyclic) bond motifs is 1. The van der Waals surface area contributed by atoms with Crippen LogP contribution in [0.4, 0.5) is 8.78 Å². The van der Waals surface area contributed by atoms with Crippen molar-refractivity contribution < 1.29 is 18.1 Å². The molecule has 2 aromatic heterocycles. The molecule has 1 aliphatic carbocycles. The van der Waals surface area contributed by atoms with Crippen molar-refractivity contribution in [1.82, 2.24) is 25.2 Å². The normalized spacial score (nSPS) is 21.9. The highest BCUT2D eigenvalue weighted by atomic mass is 19.3. The molecule has 7 nitrogen and oxygen atoms in total. The van der Waals surface area contributed by atoms with Crippen LogP contribution in [0, 0.1) is 11.8 Å². The third-order valence-electron chi connectivity index (χ3n) is 5.16. The minimum absolute atomic E-state index is 0.0348. The summed E-state index contributed by atoms with van der Waals surface area (Å²) in [6.45, 7) is 2.92. The van der Waals surface area contributed by atoms with Gasteiger partial charge in [-0.1, -0.05) is 5.16 Å². The lowest BCUT2D eigenvalue weighted by atomic mass is 9.79. The van der Waals surface area contributed by atoms with Gasteiger partial charge >= 0.3 is 0 Å². The Morgan fingerprint density at radius 3 is 2.96 bits per heavy atom. The van der Waals surface area contributed by atoms with Crippen LogP contribution in [0.5, 0.6) is 0 Å². The number of alkyl halides is 2. The molecular formula is C17H21F2N5O2. The third-order valence-corrected chi connectivity index (χ3v) is 5.16. The van der Waals surface area contributed by atoms with Crippen LogP contribution >= 0.6 is 0 Å². The van der Waals surface area contributed by atoms with E-state index < -0.39 is 5.92 Å². The summed E-state index contributed by atoms with van der Waals surface area (Å²) in [7, 11) is 0. The van der Waals surface area contributed by atoms with Crippen molar-refractivity contribution >= 4 is 5.91 Å². The van der Waals surface area contributed by atoms with Crippen LogP contribution in [-0.4, -0.2) is 38.3 Å². The van der Waals surface area contributed by atoms with E-state index >= 15 is 0 Å². The van der Waals surface area contributed by atoms with Gasteiger partial charge in [-0.3, -0.25) is 9.48 Å². The van der Waals surface area contributed by atoms with Crippen molar-refractivity contribution in [3.8, 4) is 11.5 Å². The van der Waals surface area contributed by atoms with E-state index in [4.69, 9.17) is 4.52 Å². The zero-order chi connectivity index (χ0) is 18.3. The molecule has 1 atom stereocenters. The van der Waals surface area contributed by atoms with Crippen molar-refractivity contribution in [3.05, 3.63) is 17.7 Å². The molecule has 3 heterocycles. The van der Waals surface area contributed by atoms with Gasteiger partial charge in [-0.25, -0.2) is 8.78 Å². The van der Waals surface area contributed by atoms with Crippen LogP contribution < -0.4 is 5.32 Å². The highest BCUT2D eigenvalue weighted by molar-refractivity contribution is 5.72. The van der Waals surface area contributed by atoms with Crippen LogP contribution in [0.25, 0.3) is 11.5 Å². The SMILES string of the molecule is CC(=O)NCC1CCn2ncc(-c3nc(CC4CC(F)(F)C4)no3)c2C1. The van der Waals surface area contributed by atoms with Crippen LogP contribution in [0.15, 0.2) is 10.7 Å². The minimum Gasteiger partial charge on any atom is -0.356 e. The first-order valence-electron chi connectivity index (χ1n) is 8.89. The molecule has 1 unspecified atom stereocenters. The highest BCUT2D eigenvalue weighted by Crippen LogP contribution is 2.43. The van der Waals surface area contributed by atoms with E-state index in [1.807, 2.05) is 4.68 Å². The summed E-state index contributed by atoms with van der Waals surface area (Å²) in [5.41, 5.74) is 1.80. The molecule has 1 N–H and O–H groups in total. The lowest BCUT2D eigenvalue weighted by Gasteiger charge is -2.34. The van der Waals surface area contributed by atoms with Gasteiger partial charge in [0.1, 0.15) is 0 Å². The first-order valence-corrected chi connectivity index (χ1v) is 8.89. The molecule has 0 bridgehead atoms. The molecule has 0 aromatic carbocycles. The topological polar surface area (TPSA) is 85.8 Å². The zero-order valence-corrected chi connectivity index (χ0v) is 14.5. The molecular weight excluding hydrogens is 344 g/mol. The van der Waals surface area contributed by atoms with Crippen molar-refractivity contribution in [2.75, 3.05) is 6.54 Å². The van der Waals surface area contributed by atoms with E-state index in [2.05, 4.69) is 20.6 Å². The van der Waals surface area contributed by atoms with Gasteiger partial charge in [0, 0.05) is 39.3 Å². The number of hydrogen-bond donors (Lipinski definition) is 1. The predicted molar refractivity (Wildman–Crippen MR) is 87.4 cm³/mol. The Labute approximate surface area is 149 Å². The van der Waals surface area contributed by atoms with Gasteiger partial charge in [0.05, 0.1) is 17.5 Å². The van der Waals surface area contributed by atoms with Gasteiger partial charge in [-0.05, 0) is 24.7 Å². The average molecular weight is 365 g/mol. The van der Waals surface area contributed by atoms with Crippen molar-refractivity contribution in [1.29, 1.82) is 0 Å². The number of halogens is 2. The quantitative estimate of drug-likeness (QED) is 0.878. The molecule has 9 heteroatoms. The molecule has 26 heavy (non-hydrogen) atoms. The van der Waals surface area contributed by atoms with Crippen LogP contribution in [-0.2, 0) is 24.2 Å². The van der Waals surface area contributed by atoms with Gasteiger partial charge in [0.15, 0.2) is 5.82 Å². The summed E-state index contributed by atoms with van der Waals surface area (Å²) in [5.74, 6) is -1.48. The summed E-state index contributed by atoms with van der Waals surface area (Å²) >= 11 is 0. The fourth-order valence-corrected chi connectivity index (χ4v) is 3.77. The zero-order valence-electron chi connectivity index (χ0n) is 14.5. The maximum atomic E-state index is 13.0. The number of nitrogens with zero attached hydrogens (tertiary/aromatic N) is 4. The lowest BCUT2D eigenvalue weighted by molar-refractivity contribution is -0.119. The Morgan fingerprint density at radius 1 is 1.42 bits per heavy atom. The Balaban J connectivity index is 1.45. The summed E-state index contributed by atoms with van der Waals surface area (Å²) in [4.78, 5) is 15.5. The second kappa shape index (κ2) is 6.44. The van der Waals surface area contributed by atoms with Gasteiger partial charge in [0.2, 0.25) is 11.8 Å². The van der Waals surface area contributed by atoms with Gasteiger partial charge in [-0.15, -0.1) is 0 Å². The van der Waals surface area contributed by atoms with E-state index in [1.54, 1.807) is 6.20 Å². The summed E-state index contributed by atoms with van der Waals surface area (Å²) in [6, 6.07) is 0. The molecule has 0 saturated heterocycles. The van der Waals surface area contributed by atoms with E-state index in [1.165, 1.54) is 6.92 Å². The van der Waals surface area contributed by atoms with E-state index in [0.29, 0.717) is 30.6 Å². The predicted octanol–water partition coefficient (Wildman–Crippen LogP) is 2.22. The number of hydrogen-bond acceptors (Lipinski definition) is 5. The van der Waals surface area contributed by atoms with E-state index in [9.17, 15) is 13.6 Å². The molecule has 4 rings (SSSR count). The summed E-state index contributed by atoms with van der Waals surface area (Å²) in [6.07, 6.45) is 3.62. The van der Waals surface area contributed by atoms with E-state index in [0.717, 1.165) is 30.6 Å². The Morgan fingerprint density at radius 2 is 2.23 bits per heavy atom. The van der Waals surface area contributed by atoms with Crippen LogP contribution in [0.3, 0.4) is 0 Å². The standard InChI is InChI=1S/C17H21F2N5O2/c1-10(25)20-8-11-2-3-24-14(4-11)13(9-21-24)16-22-15(23-26-16)5-12-6-17(18,19)7-12/h9,11-12H,2-8H2,1H3,(H,20,25). The first-order chi connectivity index (χ1) is 12.4. The number of rotatable bonds is 5. The molecule has 0 radical (unpaired) electrons. The number of aromatic nitrogens is 4. The van der Waals surface area contributed by atoms with Crippen molar-refractivity contribution in [3.63, 3.8) is 0 Å². The smallest absolute Gasteiger partial charge is 0.261 e. The van der Waals surface area contributed by atoms with Gasteiger partial charge < -0.3 is 9.84 Å². The molecule has 140 valence electrons. The second-order valence-electron chi connectivity index (χ2n) is 7.37. The Kier molecular flexibility index (Phi) is 4.24. The molecule has 0 spiro atoms. The van der Waals surface area contributed by atoms with Crippen LogP contribution in [0.2, 0.25) is 0 Å². The number of carbonyl (C=O) groups is 1. The number of carbonyl (C=O) groups excluding carboxylic acids is 1. The lowest BCUT2D eigenvalue weighted by Crippen LogP contribution is -2.36. The molecule has 1 fully saturated rings. The Bertz CT molecular complexity index is 808. The highest BCUT2D eigenvalue weighted by Gasteiger charge is 2.45. The average Bonchev–Trinajstić information content (AvgIpc) is 3.17. The molecule has 1 saturated carbocycles. The maximum absolute atomic E-state index is 13.0. The first kappa shape index (κ1) is 17.1. The van der Waals surface area contributed by atoms with E-state index in [-0.39, 0.29) is 24.7 Å². The van der Waals surface area contributed by atoms with Gasteiger partial charge in [0.25, 0.3) is 5.89 Å². The fraction of sp³-hybridized carbons (Fsp3) is 0.647. The molecule has 1 aliphatic heterocycles. The van der Waals surface area contributed by atoms with Crippen LogP contribution in [0.1, 0.15) is 37.7 Å². The molecule has 1 amide bonds. The maximum Gasteiger partial charge on any atom is 0.261 e. The number of amides is 1. The summed E-state index contributed by atoms with van der Waals surface area (Å²) in [5, 5.41) is 11.2. The molecule has 2 aliphatic rings. The minimum atomic E-state index is -2.54. The third kappa shape index (κ3) is 3.47. The summed E-state index contributed by atoms with van der Waals surface area (Å²) < 4.78 is 33.2. The molecule has 2 aromatic rings. The second-order valence-corrected chi connectivity index (χ2v) is 7.37. The monoisotopic (exact) mass is 365 g/mol.